The van der Waals surface area contributed by atoms with E-state index in [4.69, 9.17) is 10.5 Å². The largest absolute Gasteiger partial charge is 0.491 e. The van der Waals surface area contributed by atoms with Gasteiger partial charge in [0.2, 0.25) is 0 Å². The molecule has 72 valence electrons. The number of rotatable bonds is 4. The zero-order valence-electron chi connectivity index (χ0n) is 8.29. The van der Waals surface area contributed by atoms with Crippen molar-refractivity contribution in [3.63, 3.8) is 0 Å². The molecular formula is C11H17NO. The molecular weight excluding hydrogens is 162 g/mol. The molecule has 0 radical (unpaired) electrons. The standard InChI is InChI=1S/C11H17NO/c1-9(2)13-11-6-4-3-5-10(11)7-8-12/h3-6,9H,7-8,12H2,1-2H3. The quantitative estimate of drug-likeness (QED) is 0.767. The number of para-hydroxylation sites is 1. The van der Waals surface area contributed by atoms with E-state index in [2.05, 4.69) is 6.07 Å². The third-order valence-electron chi connectivity index (χ3n) is 1.75. The van der Waals surface area contributed by atoms with Crippen LogP contribution in [0.3, 0.4) is 0 Å². The number of nitrogens with two attached hydrogens (primary N) is 1. The maximum absolute atomic E-state index is 5.64. The highest BCUT2D eigenvalue weighted by molar-refractivity contribution is 5.33. The van der Waals surface area contributed by atoms with Crippen LogP contribution in [0.15, 0.2) is 24.3 Å². The monoisotopic (exact) mass is 179 g/mol. The lowest BCUT2D eigenvalue weighted by Crippen LogP contribution is -2.09. The van der Waals surface area contributed by atoms with Crippen molar-refractivity contribution in [1.29, 1.82) is 0 Å². The van der Waals surface area contributed by atoms with Crippen molar-refractivity contribution >= 4 is 0 Å². The average molecular weight is 179 g/mol. The van der Waals surface area contributed by atoms with Crippen LogP contribution in [0.1, 0.15) is 19.4 Å². The van der Waals surface area contributed by atoms with E-state index in [1.54, 1.807) is 0 Å². The molecule has 0 aromatic heterocycles. The number of benzene rings is 1. The van der Waals surface area contributed by atoms with Crippen molar-refractivity contribution in [3.8, 4) is 5.75 Å². The highest BCUT2D eigenvalue weighted by Crippen LogP contribution is 2.19. The number of ether oxygens (including phenoxy) is 1. The summed E-state index contributed by atoms with van der Waals surface area (Å²) in [6.45, 7) is 4.72. The fraction of sp³-hybridized carbons (Fsp3) is 0.455. The summed E-state index contributed by atoms with van der Waals surface area (Å²) in [4.78, 5) is 0. The Morgan fingerprint density at radius 2 is 2.00 bits per heavy atom. The molecule has 2 nitrogen and oxygen atoms in total. The van der Waals surface area contributed by atoms with E-state index in [-0.39, 0.29) is 6.10 Å². The van der Waals surface area contributed by atoms with Gasteiger partial charge in [-0.2, -0.15) is 0 Å². The summed E-state index contributed by atoms with van der Waals surface area (Å²) in [5.41, 5.74) is 6.70. The molecule has 0 amide bonds. The van der Waals surface area contributed by atoms with E-state index < -0.39 is 0 Å². The molecule has 1 aromatic carbocycles. The van der Waals surface area contributed by atoms with E-state index in [0.29, 0.717) is 6.54 Å². The lowest BCUT2D eigenvalue weighted by molar-refractivity contribution is 0.240. The summed E-state index contributed by atoms with van der Waals surface area (Å²) in [5.74, 6) is 0.961. The van der Waals surface area contributed by atoms with Crippen LogP contribution < -0.4 is 10.5 Å². The van der Waals surface area contributed by atoms with E-state index in [1.807, 2.05) is 32.0 Å². The topological polar surface area (TPSA) is 35.2 Å². The van der Waals surface area contributed by atoms with E-state index in [9.17, 15) is 0 Å². The average Bonchev–Trinajstić information content (AvgIpc) is 2.08. The van der Waals surface area contributed by atoms with Gasteiger partial charge in [-0.3, -0.25) is 0 Å². The molecule has 0 aliphatic heterocycles. The minimum Gasteiger partial charge on any atom is -0.491 e. The van der Waals surface area contributed by atoms with E-state index in [1.165, 1.54) is 5.56 Å². The molecule has 13 heavy (non-hydrogen) atoms. The summed E-state index contributed by atoms with van der Waals surface area (Å²) in [6.07, 6.45) is 1.10. The predicted molar refractivity (Wildman–Crippen MR) is 55.0 cm³/mol. The lowest BCUT2D eigenvalue weighted by Gasteiger charge is -2.13. The van der Waals surface area contributed by atoms with Gasteiger partial charge in [-0.1, -0.05) is 18.2 Å². The second kappa shape index (κ2) is 4.87. The van der Waals surface area contributed by atoms with Crippen molar-refractivity contribution < 1.29 is 4.74 Å². The number of hydrogen-bond acceptors (Lipinski definition) is 2. The Morgan fingerprint density at radius 1 is 1.31 bits per heavy atom. The first kappa shape index (κ1) is 10.1. The first-order chi connectivity index (χ1) is 6.24. The highest BCUT2D eigenvalue weighted by Gasteiger charge is 2.02. The van der Waals surface area contributed by atoms with E-state index in [0.717, 1.165) is 12.2 Å². The minimum absolute atomic E-state index is 0.221. The number of hydrogen-bond donors (Lipinski definition) is 1. The van der Waals surface area contributed by atoms with Gasteiger partial charge in [0.1, 0.15) is 5.75 Å². The van der Waals surface area contributed by atoms with Crippen LogP contribution in [0, 0.1) is 0 Å². The first-order valence-corrected chi connectivity index (χ1v) is 4.68. The second-order valence-electron chi connectivity index (χ2n) is 3.31. The van der Waals surface area contributed by atoms with Gasteiger partial charge in [-0.25, -0.2) is 0 Å². The summed E-state index contributed by atoms with van der Waals surface area (Å²) in [7, 11) is 0. The zero-order chi connectivity index (χ0) is 9.68. The Bertz CT molecular complexity index is 258. The van der Waals surface area contributed by atoms with Gasteiger partial charge in [0.15, 0.2) is 0 Å². The van der Waals surface area contributed by atoms with Gasteiger partial charge in [-0.05, 0) is 38.4 Å². The van der Waals surface area contributed by atoms with Crippen LogP contribution in [-0.4, -0.2) is 12.6 Å². The van der Waals surface area contributed by atoms with E-state index >= 15 is 0 Å². The molecule has 2 heteroatoms. The van der Waals surface area contributed by atoms with Gasteiger partial charge in [0.25, 0.3) is 0 Å². The summed E-state index contributed by atoms with van der Waals surface area (Å²) >= 11 is 0. The second-order valence-corrected chi connectivity index (χ2v) is 3.31. The van der Waals surface area contributed by atoms with Gasteiger partial charge in [-0.15, -0.1) is 0 Å². The molecule has 0 spiro atoms. The molecule has 0 aliphatic carbocycles. The summed E-state index contributed by atoms with van der Waals surface area (Å²) in [5, 5.41) is 0. The first-order valence-electron chi connectivity index (χ1n) is 4.68. The minimum atomic E-state index is 0.221. The Labute approximate surface area is 79.7 Å². The Morgan fingerprint density at radius 3 is 2.62 bits per heavy atom. The Hall–Kier alpha value is -1.02. The molecule has 1 rings (SSSR count). The Kier molecular flexibility index (Phi) is 3.77. The fourth-order valence-corrected chi connectivity index (χ4v) is 1.23. The third kappa shape index (κ3) is 3.07. The Balaban J connectivity index is 2.78. The molecule has 2 N–H and O–H groups in total. The summed E-state index contributed by atoms with van der Waals surface area (Å²) in [6, 6.07) is 8.05. The molecule has 0 atom stereocenters. The lowest BCUT2D eigenvalue weighted by atomic mass is 10.1. The van der Waals surface area contributed by atoms with Crippen LogP contribution in [0.25, 0.3) is 0 Å². The van der Waals surface area contributed by atoms with Crippen LogP contribution in [0.2, 0.25) is 0 Å². The molecule has 0 saturated carbocycles. The molecule has 0 heterocycles. The fourth-order valence-electron chi connectivity index (χ4n) is 1.23. The molecule has 0 aliphatic rings. The van der Waals surface area contributed by atoms with Crippen molar-refractivity contribution in [2.24, 2.45) is 5.73 Å². The highest BCUT2D eigenvalue weighted by atomic mass is 16.5. The molecule has 0 saturated heterocycles. The van der Waals surface area contributed by atoms with Crippen LogP contribution in [0.4, 0.5) is 0 Å². The maximum Gasteiger partial charge on any atom is 0.122 e. The zero-order valence-corrected chi connectivity index (χ0v) is 8.29. The predicted octanol–water partition coefficient (Wildman–Crippen LogP) is 1.98. The van der Waals surface area contributed by atoms with Crippen LogP contribution >= 0.6 is 0 Å². The smallest absolute Gasteiger partial charge is 0.122 e. The van der Waals surface area contributed by atoms with Gasteiger partial charge < -0.3 is 10.5 Å². The maximum atomic E-state index is 5.64. The SMILES string of the molecule is CC(C)Oc1ccccc1CCN. The normalized spacial score (nSPS) is 10.5. The summed E-state index contributed by atoms with van der Waals surface area (Å²) < 4.78 is 5.64. The molecule has 0 bridgehead atoms. The van der Waals surface area contributed by atoms with Crippen molar-refractivity contribution in [1.82, 2.24) is 0 Å². The van der Waals surface area contributed by atoms with Gasteiger partial charge in [0.05, 0.1) is 6.10 Å². The van der Waals surface area contributed by atoms with Crippen LogP contribution in [0.5, 0.6) is 5.75 Å². The van der Waals surface area contributed by atoms with Crippen LogP contribution in [-0.2, 0) is 6.42 Å². The van der Waals surface area contributed by atoms with Crippen molar-refractivity contribution in [2.45, 2.75) is 26.4 Å². The van der Waals surface area contributed by atoms with Gasteiger partial charge >= 0.3 is 0 Å². The molecule has 0 fully saturated rings. The molecule has 1 aromatic rings. The molecule has 0 unspecified atom stereocenters. The van der Waals surface area contributed by atoms with Gasteiger partial charge in [0, 0.05) is 0 Å². The third-order valence-corrected chi connectivity index (χ3v) is 1.75. The van der Waals surface area contributed by atoms with Crippen molar-refractivity contribution in [2.75, 3.05) is 6.54 Å². The van der Waals surface area contributed by atoms with Crippen molar-refractivity contribution in [3.05, 3.63) is 29.8 Å².